The number of hydrogen-bond donors (Lipinski definition) is 1. The van der Waals surface area contributed by atoms with Crippen molar-refractivity contribution in [3.8, 4) is 0 Å². The number of carbonyl (C=O) groups excluding carboxylic acids is 1. The smallest absolute Gasteiger partial charge is 0.406 e. The molecule has 1 N–H and O–H groups in total. The zero-order chi connectivity index (χ0) is 20.0. The maximum Gasteiger partial charge on any atom is 0.406 e. The third-order valence-electron chi connectivity index (χ3n) is 3.37. The highest BCUT2D eigenvalue weighted by Crippen LogP contribution is 2.27. The molecule has 0 fully saturated rings. The van der Waals surface area contributed by atoms with Crippen LogP contribution in [0, 0.1) is 0 Å². The SMILES string of the molecule is O=C(CSc1nnc(NCc2ccco2)s1)N(Cc1ccco1)CC(F)(F)F. The Balaban J connectivity index is 1.53. The van der Waals surface area contributed by atoms with Gasteiger partial charge in [0.05, 0.1) is 31.4 Å². The first-order chi connectivity index (χ1) is 13.4. The van der Waals surface area contributed by atoms with E-state index in [-0.39, 0.29) is 18.1 Å². The lowest BCUT2D eigenvalue weighted by Gasteiger charge is -2.22. The monoisotopic (exact) mass is 432 g/mol. The Morgan fingerprint density at radius 1 is 1.18 bits per heavy atom. The van der Waals surface area contributed by atoms with Gasteiger partial charge in [-0.3, -0.25) is 4.79 Å². The van der Waals surface area contributed by atoms with Crippen LogP contribution in [0.15, 0.2) is 50.0 Å². The minimum atomic E-state index is -4.50. The van der Waals surface area contributed by atoms with Crippen molar-refractivity contribution in [1.29, 1.82) is 0 Å². The number of halogens is 3. The second-order valence-electron chi connectivity index (χ2n) is 5.54. The molecule has 0 aromatic carbocycles. The van der Waals surface area contributed by atoms with Crippen molar-refractivity contribution in [2.45, 2.75) is 23.6 Å². The highest BCUT2D eigenvalue weighted by atomic mass is 32.2. The maximum absolute atomic E-state index is 12.8. The van der Waals surface area contributed by atoms with Gasteiger partial charge in [0.25, 0.3) is 0 Å². The van der Waals surface area contributed by atoms with E-state index in [9.17, 15) is 18.0 Å². The molecule has 0 unspecified atom stereocenters. The molecule has 1 amide bonds. The van der Waals surface area contributed by atoms with E-state index in [2.05, 4.69) is 15.5 Å². The van der Waals surface area contributed by atoms with Gasteiger partial charge in [-0.2, -0.15) is 13.2 Å². The normalized spacial score (nSPS) is 11.5. The summed E-state index contributed by atoms with van der Waals surface area (Å²) < 4.78 is 49.1. The van der Waals surface area contributed by atoms with Crippen molar-refractivity contribution in [2.24, 2.45) is 0 Å². The van der Waals surface area contributed by atoms with Crippen molar-refractivity contribution >= 4 is 34.1 Å². The molecule has 0 bridgehead atoms. The summed E-state index contributed by atoms with van der Waals surface area (Å²) in [5.74, 6) is 0.145. The molecule has 0 aliphatic carbocycles. The molecule has 7 nitrogen and oxygen atoms in total. The van der Waals surface area contributed by atoms with E-state index in [1.165, 1.54) is 23.7 Å². The molecule has 0 saturated carbocycles. The number of rotatable bonds is 9. The molecule has 0 aliphatic heterocycles. The van der Waals surface area contributed by atoms with Crippen LogP contribution in [-0.2, 0) is 17.9 Å². The molecule has 0 atom stereocenters. The number of aromatic nitrogens is 2. The fourth-order valence-electron chi connectivity index (χ4n) is 2.17. The molecule has 0 aliphatic rings. The summed E-state index contributed by atoms with van der Waals surface area (Å²) in [5, 5.41) is 11.4. The lowest BCUT2D eigenvalue weighted by Crippen LogP contribution is -2.39. The second-order valence-corrected chi connectivity index (χ2v) is 7.74. The predicted molar refractivity (Wildman–Crippen MR) is 96.8 cm³/mol. The lowest BCUT2D eigenvalue weighted by molar-refractivity contribution is -0.161. The number of nitrogens with zero attached hydrogens (tertiary/aromatic N) is 3. The standard InChI is InChI=1S/C16H15F3N4O3S2/c17-16(18,19)10-23(8-12-4-2-6-26-12)13(24)9-27-15-22-21-14(28-15)20-7-11-3-1-5-25-11/h1-6H,7-10H2,(H,20,21). The maximum atomic E-state index is 12.8. The van der Waals surface area contributed by atoms with E-state index in [0.29, 0.717) is 20.9 Å². The Hall–Kier alpha value is -2.47. The van der Waals surface area contributed by atoms with E-state index in [1.807, 2.05) is 0 Å². The van der Waals surface area contributed by atoms with Crippen LogP contribution in [0.25, 0.3) is 0 Å². The third kappa shape index (κ3) is 6.30. The van der Waals surface area contributed by atoms with Crippen LogP contribution in [-0.4, -0.2) is 39.5 Å². The predicted octanol–water partition coefficient (Wildman–Crippen LogP) is 4.02. The van der Waals surface area contributed by atoms with Crippen LogP contribution in [0.1, 0.15) is 11.5 Å². The Bertz CT molecular complexity index is 866. The molecule has 3 heterocycles. The Kier molecular flexibility index (Phi) is 6.62. The molecule has 12 heteroatoms. The number of furan rings is 2. The van der Waals surface area contributed by atoms with Crippen LogP contribution in [0.3, 0.4) is 0 Å². The van der Waals surface area contributed by atoms with Gasteiger partial charge in [0, 0.05) is 0 Å². The van der Waals surface area contributed by atoms with Gasteiger partial charge in [-0.15, -0.1) is 10.2 Å². The van der Waals surface area contributed by atoms with Crippen LogP contribution in [0.5, 0.6) is 0 Å². The second kappa shape index (κ2) is 9.15. The number of carbonyl (C=O) groups is 1. The van der Waals surface area contributed by atoms with E-state index in [0.717, 1.165) is 17.5 Å². The average molecular weight is 432 g/mol. The molecule has 0 spiro atoms. The Morgan fingerprint density at radius 3 is 2.54 bits per heavy atom. The lowest BCUT2D eigenvalue weighted by atomic mass is 10.3. The van der Waals surface area contributed by atoms with Gasteiger partial charge in [0.2, 0.25) is 11.0 Å². The number of nitrogens with one attached hydrogen (secondary N) is 1. The fraction of sp³-hybridized carbons (Fsp3) is 0.312. The minimum Gasteiger partial charge on any atom is -0.467 e. The van der Waals surface area contributed by atoms with Crippen LogP contribution in [0.4, 0.5) is 18.3 Å². The summed E-state index contributed by atoms with van der Waals surface area (Å²) in [6.45, 7) is -1.18. The van der Waals surface area contributed by atoms with Crippen molar-refractivity contribution in [1.82, 2.24) is 15.1 Å². The Labute approximate surface area is 165 Å². The van der Waals surface area contributed by atoms with Crippen LogP contribution >= 0.6 is 23.1 Å². The number of anilines is 1. The van der Waals surface area contributed by atoms with Crippen molar-refractivity contribution in [3.63, 3.8) is 0 Å². The van der Waals surface area contributed by atoms with Crippen molar-refractivity contribution in [2.75, 3.05) is 17.6 Å². The quantitative estimate of drug-likeness (QED) is 0.511. The number of alkyl halides is 3. The van der Waals surface area contributed by atoms with Gasteiger partial charge in [-0.1, -0.05) is 23.1 Å². The van der Waals surface area contributed by atoms with Gasteiger partial charge < -0.3 is 19.1 Å². The molecule has 150 valence electrons. The van der Waals surface area contributed by atoms with Gasteiger partial charge in [0.15, 0.2) is 4.34 Å². The largest absolute Gasteiger partial charge is 0.467 e. The molecule has 28 heavy (non-hydrogen) atoms. The van der Waals surface area contributed by atoms with Crippen molar-refractivity contribution < 1.29 is 26.8 Å². The minimum absolute atomic E-state index is 0.191. The zero-order valence-corrected chi connectivity index (χ0v) is 15.9. The fourth-order valence-corrected chi connectivity index (χ4v) is 3.82. The van der Waals surface area contributed by atoms with E-state index in [4.69, 9.17) is 8.83 Å². The summed E-state index contributed by atoms with van der Waals surface area (Å²) in [5.41, 5.74) is 0. The number of thioether (sulfide) groups is 1. The summed E-state index contributed by atoms with van der Waals surface area (Å²) in [6.07, 6.45) is -1.60. The van der Waals surface area contributed by atoms with Crippen LogP contribution in [0.2, 0.25) is 0 Å². The first-order valence-corrected chi connectivity index (χ1v) is 9.79. The van der Waals surface area contributed by atoms with E-state index >= 15 is 0 Å². The van der Waals surface area contributed by atoms with Crippen LogP contribution < -0.4 is 5.32 Å². The first kappa shape index (κ1) is 20.3. The van der Waals surface area contributed by atoms with Crippen molar-refractivity contribution in [3.05, 3.63) is 48.3 Å². The summed E-state index contributed by atoms with van der Waals surface area (Å²) >= 11 is 2.24. The molecular weight excluding hydrogens is 417 g/mol. The number of amides is 1. The van der Waals surface area contributed by atoms with Gasteiger partial charge in [0.1, 0.15) is 18.1 Å². The number of hydrogen-bond acceptors (Lipinski definition) is 8. The zero-order valence-electron chi connectivity index (χ0n) is 14.3. The molecular formula is C16H15F3N4O3S2. The van der Waals surface area contributed by atoms with Gasteiger partial charge >= 0.3 is 6.18 Å². The Morgan fingerprint density at radius 2 is 1.89 bits per heavy atom. The molecule has 0 radical (unpaired) electrons. The molecule has 0 saturated heterocycles. The summed E-state index contributed by atoms with van der Waals surface area (Å²) in [6, 6.07) is 6.64. The topological polar surface area (TPSA) is 84.4 Å². The highest BCUT2D eigenvalue weighted by molar-refractivity contribution is 8.01. The summed E-state index contributed by atoms with van der Waals surface area (Å²) in [7, 11) is 0. The highest BCUT2D eigenvalue weighted by Gasteiger charge is 2.33. The molecule has 3 aromatic heterocycles. The van der Waals surface area contributed by atoms with E-state index in [1.54, 1.807) is 24.5 Å². The third-order valence-corrected chi connectivity index (χ3v) is 5.37. The molecule has 3 aromatic rings. The average Bonchev–Trinajstić information content (AvgIpc) is 3.38. The first-order valence-electron chi connectivity index (χ1n) is 7.98. The molecule has 3 rings (SSSR count). The van der Waals surface area contributed by atoms with Gasteiger partial charge in [-0.25, -0.2) is 0 Å². The van der Waals surface area contributed by atoms with E-state index < -0.39 is 18.6 Å². The summed E-state index contributed by atoms with van der Waals surface area (Å²) in [4.78, 5) is 13.0. The van der Waals surface area contributed by atoms with Gasteiger partial charge in [-0.05, 0) is 24.3 Å².